The molecule has 1 N–H and O–H groups in total. The smallest absolute Gasteiger partial charge is 0.258 e. The van der Waals surface area contributed by atoms with Crippen molar-refractivity contribution in [3.05, 3.63) is 51.8 Å². The summed E-state index contributed by atoms with van der Waals surface area (Å²) in [7, 11) is 0. The van der Waals surface area contributed by atoms with E-state index in [9.17, 15) is 4.79 Å². The molecular formula is C21H22Cl2N4O. The van der Waals surface area contributed by atoms with Crippen LogP contribution in [0, 0.1) is 12.8 Å². The summed E-state index contributed by atoms with van der Waals surface area (Å²) in [5.41, 5.74) is 2.53. The molecule has 0 spiro atoms. The molecule has 0 unspecified atom stereocenters. The molecule has 0 atom stereocenters. The third-order valence-electron chi connectivity index (χ3n) is 5.38. The van der Waals surface area contributed by atoms with Gasteiger partial charge in [-0.15, -0.1) is 0 Å². The van der Waals surface area contributed by atoms with Gasteiger partial charge in [0.1, 0.15) is 0 Å². The lowest BCUT2D eigenvalue weighted by Crippen LogP contribution is -2.16. The number of halogens is 2. The van der Waals surface area contributed by atoms with Crippen LogP contribution in [0.1, 0.15) is 48.2 Å². The van der Waals surface area contributed by atoms with Gasteiger partial charge >= 0.3 is 0 Å². The van der Waals surface area contributed by atoms with Crippen molar-refractivity contribution in [2.24, 2.45) is 5.92 Å². The SMILES string of the molecule is Cc1nn(CC2CCCCC2)c2ncc(C(=O)Nc3ccc(Cl)cc3)c(Cl)c12. The highest BCUT2D eigenvalue weighted by atomic mass is 35.5. The lowest BCUT2D eigenvalue weighted by Gasteiger charge is -2.21. The fourth-order valence-corrected chi connectivity index (χ4v) is 4.39. The van der Waals surface area contributed by atoms with Gasteiger partial charge in [0.15, 0.2) is 5.65 Å². The lowest BCUT2D eigenvalue weighted by molar-refractivity contribution is 0.102. The standard InChI is InChI=1S/C21H22Cl2N4O/c1-13-18-19(23)17(21(28)25-16-9-7-15(22)8-10-16)11-24-20(18)27(26-13)12-14-5-3-2-4-6-14/h7-11,14H,2-6,12H2,1H3,(H,25,28). The van der Waals surface area contributed by atoms with Crippen LogP contribution in [0.4, 0.5) is 5.69 Å². The molecule has 0 aliphatic heterocycles. The average molecular weight is 417 g/mol. The molecule has 146 valence electrons. The van der Waals surface area contributed by atoms with Gasteiger partial charge in [0.05, 0.1) is 21.7 Å². The number of pyridine rings is 1. The Bertz CT molecular complexity index is 1010. The maximum absolute atomic E-state index is 12.7. The fraction of sp³-hybridized carbons (Fsp3) is 0.381. The maximum Gasteiger partial charge on any atom is 0.258 e. The Morgan fingerprint density at radius 3 is 2.61 bits per heavy atom. The second-order valence-electron chi connectivity index (χ2n) is 7.42. The van der Waals surface area contributed by atoms with Crippen LogP contribution in [0.5, 0.6) is 0 Å². The first-order valence-electron chi connectivity index (χ1n) is 9.61. The molecular weight excluding hydrogens is 395 g/mol. The number of aromatic nitrogens is 3. The van der Waals surface area contributed by atoms with Crippen molar-refractivity contribution in [3.63, 3.8) is 0 Å². The van der Waals surface area contributed by atoms with E-state index < -0.39 is 0 Å². The molecule has 1 saturated carbocycles. The quantitative estimate of drug-likeness (QED) is 0.577. The normalized spacial score (nSPS) is 15.1. The predicted molar refractivity (Wildman–Crippen MR) is 113 cm³/mol. The van der Waals surface area contributed by atoms with Gasteiger partial charge in [-0.3, -0.25) is 4.79 Å². The van der Waals surface area contributed by atoms with Gasteiger partial charge in [-0.1, -0.05) is 42.5 Å². The van der Waals surface area contributed by atoms with E-state index in [2.05, 4.69) is 15.4 Å². The molecule has 1 amide bonds. The van der Waals surface area contributed by atoms with Crippen molar-refractivity contribution in [1.82, 2.24) is 14.8 Å². The first-order chi connectivity index (χ1) is 13.5. The van der Waals surface area contributed by atoms with Gasteiger partial charge in [0.2, 0.25) is 0 Å². The van der Waals surface area contributed by atoms with Crippen molar-refractivity contribution in [2.75, 3.05) is 5.32 Å². The molecule has 28 heavy (non-hydrogen) atoms. The highest BCUT2D eigenvalue weighted by molar-refractivity contribution is 6.39. The molecule has 2 heterocycles. The van der Waals surface area contributed by atoms with Gasteiger partial charge in [-0.2, -0.15) is 5.10 Å². The number of anilines is 1. The molecule has 7 heteroatoms. The minimum absolute atomic E-state index is 0.304. The summed E-state index contributed by atoms with van der Waals surface area (Å²) in [6, 6.07) is 6.93. The molecule has 3 aromatic rings. The van der Waals surface area contributed by atoms with Gasteiger partial charge < -0.3 is 5.32 Å². The summed E-state index contributed by atoms with van der Waals surface area (Å²) in [6.07, 6.45) is 7.89. The zero-order valence-corrected chi connectivity index (χ0v) is 17.2. The largest absolute Gasteiger partial charge is 0.322 e. The molecule has 1 aliphatic carbocycles. The van der Waals surface area contributed by atoms with Crippen molar-refractivity contribution in [3.8, 4) is 0 Å². The minimum Gasteiger partial charge on any atom is -0.322 e. The lowest BCUT2D eigenvalue weighted by atomic mass is 9.89. The maximum atomic E-state index is 12.7. The van der Waals surface area contributed by atoms with Crippen LogP contribution >= 0.6 is 23.2 Å². The van der Waals surface area contributed by atoms with Gasteiger partial charge in [-0.25, -0.2) is 9.67 Å². The predicted octanol–water partition coefficient (Wildman–Crippen LogP) is 5.88. The van der Waals surface area contributed by atoms with E-state index in [0.717, 1.165) is 23.3 Å². The third kappa shape index (κ3) is 3.87. The monoisotopic (exact) mass is 416 g/mol. The van der Waals surface area contributed by atoms with Crippen molar-refractivity contribution < 1.29 is 4.79 Å². The average Bonchev–Trinajstić information content (AvgIpc) is 3.01. The van der Waals surface area contributed by atoms with E-state index in [-0.39, 0.29) is 5.91 Å². The number of aryl methyl sites for hydroxylation is 1. The number of carbonyl (C=O) groups is 1. The fourth-order valence-electron chi connectivity index (χ4n) is 3.91. The molecule has 0 radical (unpaired) electrons. The van der Waals surface area contributed by atoms with E-state index in [1.54, 1.807) is 24.3 Å². The summed E-state index contributed by atoms with van der Waals surface area (Å²) < 4.78 is 1.95. The zero-order chi connectivity index (χ0) is 19.7. The molecule has 1 aromatic carbocycles. The van der Waals surface area contributed by atoms with E-state index in [4.69, 9.17) is 23.2 Å². The van der Waals surface area contributed by atoms with Crippen molar-refractivity contribution in [2.45, 2.75) is 45.6 Å². The van der Waals surface area contributed by atoms with Crippen LogP contribution in [0.3, 0.4) is 0 Å². The van der Waals surface area contributed by atoms with E-state index in [1.807, 2.05) is 11.6 Å². The Morgan fingerprint density at radius 2 is 1.89 bits per heavy atom. The second kappa shape index (κ2) is 8.10. The van der Waals surface area contributed by atoms with Crippen LogP contribution in [0.2, 0.25) is 10.0 Å². The molecule has 2 aromatic heterocycles. The number of rotatable bonds is 4. The summed E-state index contributed by atoms with van der Waals surface area (Å²) in [5.74, 6) is 0.325. The number of benzene rings is 1. The minimum atomic E-state index is -0.304. The highest BCUT2D eigenvalue weighted by Gasteiger charge is 2.21. The van der Waals surface area contributed by atoms with Crippen LogP contribution in [-0.2, 0) is 6.54 Å². The topological polar surface area (TPSA) is 59.8 Å². The molecule has 1 fully saturated rings. The number of nitrogens with one attached hydrogen (secondary N) is 1. The molecule has 4 rings (SSSR count). The summed E-state index contributed by atoms with van der Waals surface area (Å²) in [4.78, 5) is 17.2. The molecule has 1 aliphatic rings. The van der Waals surface area contributed by atoms with Crippen LogP contribution in [0.25, 0.3) is 11.0 Å². The Kier molecular flexibility index (Phi) is 5.56. The Morgan fingerprint density at radius 1 is 1.18 bits per heavy atom. The van der Waals surface area contributed by atoms with Gasteiger partial charge in [0.25, 0.3) is 5.91 Å². The number of nitrogens with zero attached hydrogens (tertiary/aromatic N) is 3. The Hall–Kier alpha value is -2.11. The summed E-state index contributed by atoms with van der Waals surface area (Å²) in [5, 5.41) is 9.25. The molecule has 0 saturated heterocycles. The molecule has 5 nitrogen and oxygen atoms in total. The van der Waals surface area contributed by atoms with Gasteiger partial charge in [-0.05, 0) is 49.9 Å². The number of hydrogen-bond acceptors (Lipinski definition) is 3. The number of fused-ring (bicyclic) bond motifs is 1. The van der Waals surface area contributed by atoms with Crippen molar-refractivity contribution >= 4 is 45.8 Å². The number of amides is 1. The second-order valence-corrected chi connectivity index (χ2v) is 8.23. The van der Waals surface area contributed by atoms with Crippen LogP contribution < -0.4 is 5.32 Å². The van der Waals surface area contributed by atoms with E-state index in [1.165, 1.54) is 38.3 Å². The number of hydrogen-bond donors (Lipinski definition) is 1. The summed E-state index contributed by atoms with van der Waals surface area (Å²) >= 11 is 12.5. The van der Waals surface area contributed by atoms with E-state index in [0.29, 0.717) is 27.2 Å². The third-order valence-corrected chi connectivity index (χ3v) is 6.02. The first kappa shape index (κ1) is 19.2. The Balaban J connectivity index is 1.62. The molecule has 0 bridgehead atoms. The first-order valence-corrected chi connectivity index (χ1v) is 10.4. The zero-order valence-electron chi connectivity index (χ0n) is 15.7. The van der Waals surface area contributed by atoms with Gasteiger partial charge in [0, 0.05) is 23.5 Å². The number of carbonyl (C=O) groups excluding carboxylic acids is 1. The van der Waals surface area contributed by atoms with Crippen molar-refractivity contribution in [1.29, 1.82) is 0 Å². The highest BCUT2D eigenvalue weighted by Crippen LogP contribution is 2.31. The Labute approximate surface area is 174 Å². The van der Waals surface area contributed by atoms with Crippen LogP contribution in [-0.4, -0.2) is 20.7 Å². The summed E-state index contributed by atoms with van der Waals surface area (Å²) in [6.45, 7) is 2.76. The van der Waals surface area contributed by atoms with E-state index >= 15 is 0 Å². The van der Waals surface area contributed by atoms with Crippen LogP contribution in [0.15, 0.2) is 30.5 Å².